The molecule has 1 amide bonds. The van der Waals surface area contributed by atoms with Crippen LogP contribution in [0, 0.1) is 5.92 Å². The zero-order valence-electron chi connectivity index (χ0n) is 10.2. The van der Waals surface area contributed by atoms with E-state index in [0.29, 0.717) is 18.9 Å². The number of likely N-dealkylation sites (tertiary alicyclic amines) is 1. The van der Waals surface area contributed by atoms with Gasteiger partial charge in [-0.3, -0.25) is 4.79 Å². The van der Waals surface area contributed by atoms with Crippen LogP contribution in [-0.2, 0) is 4.79 Å². The van der Waals surface area contributed by atoms with Gasteiger partial charge >= 0.3 is 0 Å². The molecule has 1 rings (SSSR count). The summed E-state index contributed by atoms with van der Waals surface area (Å²) in [7, 11) is 1.70. The minimum absolute atomic E-state index is 0.165. The first-order chi connectivity index (χ1) is 7.76. The zero-order chi connectivity index (χ0) is 11.8. The summed E-state index contributed by atoms with van der Waals surface area (Å²) in [5.74, 6) is 0.729. The number of aliphatic hydroxyl groups is 1. The van der Waals surface area contributed by atoms with Crippen LogP contribution in [0.2, 0.25) is 0 Å². The van der Waals surface area contributed by atoms with E-state index >= 15 is 0 Å². The number of hydrogen-bond acceptors (Lipinski definition) is 3. The molecule has 94 valence electrons. The van der Waals surface area contributed by atoms with Crippen molar-refractivity contribution in [3.63, 3.8) is 0 Å². The van der Waals surface area contributed by atoms with Crippen LogP contribution in [0.1, 0.15) is 32.1 Å². The van der Waals surface area contributed by atoms with Crippen molar-refractivity contribution < 1.29 is 9.90 Å². The van der Waals surface area contributed by atoms with Crippen molar-refractivity contribution in [1.82, 2.24) is 10.2 Å². The van der Waals surface area contributed by atoms with Gasteiger partial charge in [0.2, 0.25) is 5.91 Å². The highest BCUT2D eigenvalue weighted by molar-refractivity contribution is 5.75. The number of aliphatic hydroxyl groups excluding tert-OH is 1. The molecule has 0 spiro atoms. The molecule has 0 aromatic rings. The maximum absolute atomic E-state index is 11.2. The third-order valence-corrected chi connectivity index (χ3v) is 3.34. The highest BCUT2D eigenvalue weighted by Gasteiger charge is 2.20. The van der Waals surface area contributed by atoms with E-state index in [9.17, 15) is 4.79 Å². The number of piperidine rings is 1. The lowest BCUT2D eigenvalue weighted by molar-refractivity contribution is -0.121. The Morgan fingerprint density at radius 1 is 1.38 bits per heavy atom. The Balaban J connectivity index is 2.11. The van der Waals surface area contributed by atoms with Gasteiger partial charge in [0.25, 0.3) is 0 Å². The number of carbonyl (C=O) groups is 1. The zero-order valence-corrected chi connectivity index (χ0v) is 10.2. The molecule has 1 saturated heterocycles. The van der Waals surface area contributed by atoms with Crippen LogP contribution in [0.5, 0.6) is 0 Å². The summed E-state index contributed by atoms with van der Waals surface area (Å²) in [5, 5.41) is 11.4. The van der Waals surface area contributed by atoms with Gasteiger partial charge in [0.05, 0.1) is 0 Å². The van der Waals surface area contributed by atoms with Crippen LogP contribution in [0.3, 0.4) is 0 Å². The van der Waals surface area contributed by atoms with E-state index < -0.39 is 0 Å². The average Bonchev–Trinajstić information content (AvgIpc) is 2.31. The van der Waals surface area contributed by atoms with E-state index in [1.807, 2.05) is 0 Å². The molecule has 16 heavy (non-hydrogen) atoms. The third-order valence-electron chi connectivity index (χ3n) is 3.34. The Kier molecular flexibility index (Phi) is 6.42. The lowest BCUT2D eigenvalue weighted by Crippen LogP contribution is -2.36. The first kappa shape index (κ1) is 13.5. The molecule has 1 aliphatic rings. The minimum atomic E-state index is 0.165. The Morgan fingerprint density at radius 3 is 2.62 bits per heavy atom. The Bertz CT molecular complexity index is 201. The van der Waals surface area contributed by atoms with Crippen molar-refractivity contribution in [1.29, 1.82) is 0 Å². The van der Waals surface area contributed by atoms with Crippen molar-refractivity contribution in [2.75, 3.05) is 33.3 Å². The van der Waals surface area contributed by atoms with Gasteiger partial charge in [-0.05, 0) is 51.2 Å². The number of carbonyl (C=O) groups excluding carboxylic acids is 1. The van der Waals surface area contributed by atoms with E-state index in [2.05, 4.69) is 10.2 Å². The second-order valence-electron chi connectivity index (χ2n) is 4.59. The SMILES string of the molecule is CNC(=O)CC1CCN(CCCCO)CC1. The average molecular weight is 228 g/mol. The first-order valence-electron chi connectivity index (χ1n) is 6.30. The summed E-state index contributed by atoms with van der Waals surface area (Å²) in [6, 6.07) is 0. The fourth-order valence-corrected chi connectivity index (χ4v) is 2.23. The Labute approximate surface area is 98.0 Å². The number of rotatable bonds is 6. The van der Waals surface area contributed by atoms with Gasteiger partial charge < -0.3 is 15.3 Å². The normalized spacial score (nSPS) is 18.6. The largest absolute Gasteiger partial charge is 0.396 e. The number of nitrogens with one attached hydrogen (secondary N) is 1. The maximum atomic E-state index is 11.2. The minimum Gasteiger partial charge on any atom is -0.396 e. The van der Waals surface area contributed by atoms with Gasteiger partial charge in [-0.1, -0.05) is 0 Å². The maximum Gasteiger partial charge on any atom is 0.220 e. The smallest absolute Gasteiger partial charge is 0.220 e. The topological polar surface area (TPSA) is 52.6 Å². The van der Waals surface area contributed by atoms with Crippen LogP contribution in [0.25, 0.3) is 0 Å². The van der Waals surface area contributed by atoms with Crippen LogP contribution in [0.4, 0.5) is 0 Å². The van der Waals surface area contributed by atoms with Gasteiger partial charge in [0.1, 0.15) is 0 Å². The predicted octanol–water partition coefficient (Wildman–Crippen LogP) is 0.607. The van der Waals surface area contributed by atoms with E-state index in [0.717, 1.165) is 45.3 Å². The van der Waals surface area contributed by atoms with Crippen molar-refractivity contribution in [3.05, 3.63) is 0 Å². The molecule has 4 heteroatoms. The van der Waals surface area contributed by atoms with Crippen LogP contribution in [0.15, 0.2) is 0 Å². The first-order valence-corrected chi connectivity index (χ1v) is 6.30. The predicted molar refractivity (Wildman–Crippen MR) is 64.2 cm³/mol. The Hall–Kier alpha value is -0.610. The van der Waals surface area contributed by atoms with Gasteiger partial charge in [0.15, 0.2) is 0 Å². The van der Waals surface area contributed by atoms with Crippen molar-refractivity contribution in [2.24, 2.45) is 5.92 Å². The van der Waals surface area contributed by atoms with Crippen molar-refractivity contribution >= 4 is 5.91 Å². The summed E-state index contributed by atoms with van der Waals surface area (Å²) < 4.78 is 0. The standard InChI is InChI=1S/C12H24N2O2/c1-13-12(16)10-11-4-7-14(8-5-11)6-2-3-9-15/h11,15H,2-10H2,1H3,(H,13,16). The molecule has 1 aliphatic heterocycles. The van der Waals surface area contributed by atoms with E-state index in [4.69, 9.17) is 5.11 Å². The summed E-state index contributed by atoms with van der Waals surface area (Å²) in [6.45, 7) is 3.60. The highest BCUT2D eigenvalue weighted by atomic mass is 16.2. The van der Waals surface area contributed by atoms with Crippen molar-refractivity contribution in [3.8, 4) is 0 Å². The molecule has 2 N–H and O–H groups in total. The molecule has 0 aromatic carbocycles. The molecule has 0 saturated carbocycles. The molecule has 0 unspecified atom stereocenters. The van der Waals surface area contributed by atoms with E-state index in [-0.39, 0.29) is 5.91 Å². The molecule has 0 radical (unpaired) electrons. The molecular weight excluding hydrogens is 204 g/mol. The van der Waals surface area contributed by atoms with Crippen molar-refractivity contribution in [2.45, 2.75) is 32.1 Å². The van der Waals surface area contributed by atoms with Gasteiger partial charge in [0, 0.05) is 20.1 Å². The van der Waals surface area contributed by atoms with Gasteiger partial charge in [-0.15, -0.1) is 0 Å². The van der Waals surface area contributed by atoms with Crippen LogP contribution >= 0.6 is 0 Å². The lowest BCUT2D eigenvalue weighted by atomic mass is 9.93. The summed E-state index contributed by atoms with van der Waals surface area (Å²) in [6.07, 6.45) is 4.93. The second-order valence-corrected chi connectivity index (χ2v) is 4.59. The van der Waals surface area contributed by atoms with Crippen LogP contribution in [-0.4, -0.2) is 49.2 Å². The van der Waals surface area contributed by atoms with Gasteiger partial charge in [-0.25, -0.2) is 0 Å². The molecule has 0 aromatic heterocycles. The molecule has 1 fully saturated rings. The van der Waals surface area contributed by atoms with E-state index in [1.165, 1.54) is 0 Å². The summed E-state index contributed by atoms with van der Waals surface area (Å²) in [5.41, 5.74) is 0. The summed E-state index contributed by atoms with van der Waals surface area (Å²) in [4.78, 5) is 13.7. The molecular formula is C12H24N2O2. The van der Waals surface area contributed by atoms with Gasteiger partial charge in [-0.2, -0.15) is 0 Å². The monoisotopic (exact) mass is 228 g/mol. The fourth-order valence-electron chi connectivity index (χ4n) is 2.23. The number of nitrogens with zero attached hydrogens (tertiary/aromatic N) is 1. The number of unbranched alkanes of at least 4 members (excludes halogenated alkanes) is 1. The molecule has 4 nitrogen and oxygen atoms in total. The molecule has 0 aliphatic carbocycles. The second kappa shape index (κ2) is 7.63. The fraction of sp³-hybridized carbons (Fsp3) is 0.917. The van der Waals surface area contributed by atoms with Crippen LogP contribution < -0.4 is 5.32 Å². The lowest BCUT2D eigenvalue weighted by Gasteiger charge is -2.31. The summed E-state index contributed by atoms with van der Waals surface area (Å²) >= 11 is 0. The van der Waals surface area contributed by atoms with E-state index in [1.54, 1.807) is 7.05 Å². The molecule has 0 atom stereocenters. The number of amides is 1. The molecule has 0 bridgehead atoms. The third kappa shape index (κ3) is 4.94. The Morgan fingerprint density at radius 2 is 2.06 bits per heavy atom. The molecule has 1 heterocycles. The number of hydrogen-bond donors (Lipinski definition) is 2. The highest BCUT2D eigenvalue weighted by Crippen LogP contribution is 2.20. The quantitative estimate of drug-likeness (QED) is 0.655.